The van der Waals surface area contributed by atoms with E-state index < -0.39 is 26.5 Å². The fraction of sp³-hybridized carbons (Fsp3) is 0.538. The van der Waals surface area contributed by atoms with Crippen LogP contribution in [0.2, 0.25) is 0 Å². The molecule has 1 N–H and O–H groups in total. The van der Waals surface area contributed by atoms with Gasteiger partial charge in [-0.3, -0.25) is 10.1 Å². The standard InChI is InChI=1S/C13H17FN2O4S/c1-9-3-2-4-10(7-9)15-21(19,20)11-5-6-13(16(17)18)12(14)8-11/h5-6,8-10,15H,2-4,7H2,1H3. The summed E-state index contributed by atoms with van der Waals surface area (Å²) in [5, 5.41) is 10.5. The van der Waals surface area contributed by atoms with Crippen LogP contribution in [0.3, 0.4) is 0 Å². The first-order chi connectivity index (χ1) is 9.79. The van der Waals surface area contributed by atoms with Crippen molar-refractivity contribution in [2.45, 2.75) is 43.5 Å². The van der Waals surface area contributed by atoms with Crippen molar-refractivity contribution in [3.8, 4) is 0 Å². The van der Waals surface area contributed by atoms with Gasteiger partial charge < -0.3 is 0 Å². The molecule has 0 aromatic heterocycles. The summed E-state index contributed by atoms with van der Waals surface area (Å²) in [5.41, 5.74) is -0.736. The van der Waals surface area contributed by atoms with E-state index in [9.17, 15) is 22.9 Å². The van der Waals surface area contributed by atoms with Crippen LogP contribution < -0.4 is 4.72 Å². The van der Waals surface area contributed by atoms with Crippen LogP contribution in [0.15, 0.2) is 23.1 Å². The highest BCUT2D eigenvalue weighted by Gasteiger charge is 2.26. The number of nitrogens with zero attached hydrogens (tertiary/aromatic N) is 1. The molecular weight excluding hydrogens is 299 g/mol. The number of nitrogens with one attached hydrogen (secondary N) is 1. The smallest absolute Gasteiger partial charge is 0.258 e. The Labute approximate surface area is 122 Å². The number of hydrogen-bond acceptors (Lipinski definition) is 4. The summed E-state index contributed by atoms with van der Waals surface area (Å²) in [4.78, 5) is 9.36. The van der Waals surface area contributed by atoms with E-state index in [0.717, 1.165) is 37.8 Å². The molecule has 1 saturated carbocycles. The minimum Gasteiger partial charge on any atom is -0.258 e. The molecule has 1 fully saturated rings. The number of nitro groups is 1. The molecule has 8 heteroatoms. The molecule has 0 amide bonds. The molecule has 1 aliphatic carbocycles. The Kier molecular flexibility index (Phi) is 4.58. The largest absolute Gasteiger partial charge is 0.304 e. The van der Waals surface area contributed by atoms with Gasteiger partial charge in [-0.25, -0.2) is 13.1 Å². The van der Waals surface area contributed by atoms with Gasteiger partial charge in [0.2, 0.25) is 15.8 Å². The van der Waals surface area contributed by atoms with Crippen LogP contribution in [0, 0.1) is 21.8 Å². The van der Waals surface area contributed by atoms with E-state index in [4.69, 9.17) is 0 Å². The van der Waals surface area contributed by atoms with Crippen molar-refractivity contribution in [3.63, 3.8) is 0 Å². The fourth-order valence-electron chi connectivity index (χ4n) is 2.63. The normalized spacial score (nSPS) is 23.0. The monoisotopic (exact) mass is 316 g/mol. The number of benzene rings is 1. The molecule has 0 radical (unpaired) electrons. The summed E-state index contributed by atoms with van der Waals surface area (Å²) in [6.45, 7) is 2.06. The summed E-state index contributed by atoms with van der Waals surface area (Å²) in [6.07, 6.45) is 3.51. The number of sulfonamides is 1. The molecule has 2 rings (SSSR count). The van der Waals surface area contributed by atoms with Gasteiger partial charge in [0.15, 0.2) is 0 Å². The van der Waals surface area contributed by atoms with E-state index >= 15 is 0 Å². The second-order valence-electron chi connectivity index (χ2n) is 5.46. The van der Waals surface area contributed by atoms with E-state index in [0.29, 0.717) is 12.0 Å². The van der Waals surface area contributed by atoms with Crippen molar-refractivity contribution in [1.29, 1.82) is 0 Å². The fourth-order valence-corrected chi connectivity index (χ4v) is 3.93. The van der Waals surface area contributed by atoms with Crippen LogP contribution in [0.5, 0.6) is 0 Å². The van der Waals surface area contributed by atoms with Crippen LogP contribution in [-0.2, 0) is 10.0 Å². The van der Waals surface area contributed by atoms with E-state index in [1.54, 1.807) is 0 Å². The zero-order valence-corrected chi connectivity index (χ0v) is 12.4. The molecule has 116 valence electrons. The van der Waals surface area contributed by atoms with Crippen molar-refractivity contribution in [3.05, 3.63) is 34.1 Å². The van der Waals surface area contributed by atoms with Crippen LogP contribution in [0.25, 0.3) is 0 Å². The van der Waals surface area contributed by atoms with Gasteiger partial charge in [-0.15, -0.1) is 0 Å². The minimum absolute atomic E-state index is 0.169. The molecule has 0 aliphatic heterocycles. The van der Waals surface area contributed by atoms with E-state index in [1.165, 1.54) is 0 Å². The average Bonchev–Trinajstić information content (AvgIpc) is 2.37. The third-order valence-corrected chi connectivity index (χ3v) is 5.20. The SMILES string of the molecule is CC1CCCC(NS(=O)(=O)c2ccc([N+](=O)[O-])c(F)c2)C1. The molecule has 2 atom stereocenters. The van der Waals surface area contributed by atoms with Gasteiger partial charge in [0.1, 0.15) is 0 Å². The van der Waals surface area contributed by atoms with Crippen molar-refractivity contribution < 1.29 is 17.7 Å². The zero-order valence-electron chi connectivity index (χ0n) is 11.6. The molecule has 1 aromatic carbocycles. The Morgan fingerprint density at radius 1 is 1.38 bits per heavy atom. The summed E-state index contributed by atoms with van der Waals surface area (Å²) < 4.78 is 40.5. The van der Waals surface area contributed by atoms with Crippen molar-refractivity contribution in [2.75, 3.05) is 0 Å². The first-order valence-electron chi connectivity index (χ1n) is 6.76. The molecule has 1 aromatic rings. The number of nitro benzene ring substituents is 1. The number of rotatable bonds is 4. The summed E-state index contributed by atoms with van der Waals surface area (Å²) >= 11 is 0. The predicted octanol–water partition coefficient (Wildman–Crippen LogP) is 2.59. The lowest BCUT2D eigenvalue weighted by Crippen LogP contribution is -2.37. The van der Waals surface area contributed by atoms with Gasteiger partial charge >= 0.3 is 5.69 Å². The van der Waals surface area contributed by atoms with Crippen molar-refractivity contribution in [1.82, 2.24) is 4.72 Å². The number of hydrogen-bond donors (Lipinski definition) is 1. The van der Waals surface area contributed by atoms with Gasteiger partial charge in [-0.05, 0) is 24.8 Å². The second-order valence-corrected chi connectivity index (χ2v) is 7.17. The lowest BCUT2D eigenvalue weighted by Gasteiger charge is -2.27. The molecule has 0 heterocycles. The van der Waals surface area contributed by atoms with Gasteiger partial charge in [-0.2, -0.15) is 4.39 Å². The predicted molar refractivity (Wildman–Crippen MR) is 74.8 cm³/mol. The van der Waals surface area contributed by atoms with Crippen LogP contribution in [0.4, 0.5) is 10.1 Å². The molecule has 0 bridgehead atoms. The quantitative estimate of drug-likeness (QED) is 0.683. The lowest BCUT2D eigenvalue weighted by atomic mass is 9.88. The molecule has 21 heavy (non-hydrogen) atoms. The molecule has 6 nitrogen and oxygen atoms in total. The summed E-state index contributed by atoms with van der Waals surface area (Å²) in [7, 11) is -3.86. The molecule has 2 unspecified atom stereocenters. The van der Waals surface area contributed by atoms with E-state index in [1.807, 2.05) is 0 Å². The maximum atomic E-state index is 13.5. The van der Waals surface area contributed by atoms with E-state index in [2.05, 4.69) is 11.6 Å². The summed E-state index contributed by atoms with van der Waals surface area (Å²) in [6, 6.07) is 2.44. The highest BCUT2D eigenvalue weighted by atomic mass is 32.2. The first kappa shape index (κ1) is 15.8. The molecule has 0 spiro atoms. The second kappa shape index (κ2) is 6.07. The van der Waals surface area contributed by atoms with Gasteiger partial charge in [0.25, 0.3) is 0 Å². The van der Waals surface area contributed by atoms with Gasteiger partial charge in [0.05, 0.1) is 9.82 Å². The Balaban J connectivity index is 2.19. The topological polar surface area (TPSA) is 89.3 Å². The Hall–Kier alpha value is -1.54. The van der Waals surface area contributed by atoms with Gasteiger partial charge in [0, 0.05) is 18.2 Å². The zero-order chi connectivity index (χ0) is 15.6. The van der Waals surface area contributed by atoms with E-state index in [-0.39, 0.29) is 10.9 Å². The average molecular weight is 316 g/mol. The van der Waals surface area contributed by atoms with Crippen LogP contribution >= 0.6 is 0 Å². The lowest BCUT2D eigenvalue weighted by molar-refractivity contribution is -0.387. The number of halogens is 1. The van der Waals surface area contributed by atoms with Crippen LogP contribution in [0.1, 0.15) is 32.6 Å². The van der Waals surface area contributed by atoms with Crippen molar-refractivity contribution >= 4 is 15.7 Å². The van der Waals surface area contributed by atoms with Crippen molar-refractivity contribution in [2.24, 2.45) is 5.92 Å². The maximum absolute atomic E-state index is 13.5. The third-order valence-electron chi connectivity index (χ3n) is 3.68. The maximum Gasteiger partial charge on any atom is 0.304 e. The Bertz CT molecular complexity index is 648. The summed E-state index contributed by atoms with van der Waals surface area (Å²) in [5.74, 6) is -0.708. The molecule has 0 saturated heterocycles. The van der Waals surface area contributed by atoms with Gasteiger partial charge in [-0.1, -0.05) is 19.8 Å². The third kappa shape index (κ3) is 3.76. The highest BCUT2D eigenvalue weighted by Crippen LogP contribution is 2.26. The Morgan fingerprint density at radius 3 is 2.67 bits per heavy atom. The molecular formula is C13H17FN2O4S. The molecule has 1 aliphatic rings. The Morgan fingerprint density at radius 2 is 2.10 bits per heavy atom. The highest BCUT2D eigenvalue weighted by molar-refractivity contribution is 7.89. The minimum atomic E-state index is -3.86. The van der Waals surface area contributed by atoms with Crippen LogP contribution in [-0.4, -0.2) is 19.4 Å². The first-order valence-corrected chi connectivity index (χ1v) is 8.24.